The average molecular weight is 375 g/mol. The van der Waals surface area contributed by atoms with E-state index in [1.165, 1.54) is 22.7 Å². The summed E-state index contributed by atoms with van der Waals surface area (Å²) in [5.41, 5.74) is 0.174. The summed E-state index contributed by atoms with van der Waals surface area (Å²) in [6, 6.07) is 6.73. The van der Waals surface area contributed by atoms with E-state index in [2.05, 4.69) is 0 Å². The van der Waals surface area contributed by atoms with Crippen LogP contribution in [-0.4, -0.2) is 41.0 Å². The van der Waals surface area contributed by atoms with Crippen molar-refractivity contribution in [3.8, 4) is 0 Å². The lowest BCUT2D eigenvalue weighted by atomic mass is 10.0. The smallest absolute Gasteiger partial charge is 0.290 e. The first-order valence-electron chi connectivity index (χ1n) is 8.14. The van der Waals surface area contributed by atoms with Gasteiger partial charge in [0.05, 0.1) is 22.6 Å². The van der Waals surface area contributed by atoms with E-state index in [1.807, 2.05) is 22.9 Å². The number of aliphatic hydroxyl groups is 1. The van der Waals surface area contributed by atoms with Gasteiger partial charge in [-0.25, -0.2) is 0 Å². The summed E-state index contributed by atoms with van der Waals surface area (Å²) in [7, 11) is 0. The van der Waals surface area contributed by atoms with Crippen LogP contribution in [0.1, 0.15) is 33.4 Å². The molecule has 0 aromatic carbocycles. The summed E-state index contributed by atoms with van der Waals surface area (Å²) >= 11 is 2.78. The number of aliphatic hydroxyl groups excluding tert-OH is 1. The maximum atomic E-state index is 12.9. The van der Waals surface area contributed by atoms with Crippen LogP contribution < -0.4 is 0 Å². The molecule has 4 heterocycles. The second-order valence-electron chi connectivity index (χ2n) is 6.08. The third-order valence-corrected chi connectivity index (χ3v) is 6.32. The van der Waals surface area contributed by atoms with Crippen molar-refractivity contribution in [2.24, 2.45) is 0 Å². The molecule has 0 bridgehead atoms. The van der Waals surface area contributed by atoms with Crippen LogP contribution in [0.5, 0.6) is 0 Å². The summed E-state index contributed by atoms with van der Waals surface area (Å²) in [4.78, 5) is 28.6. The Kier molecular flexibility index (Phi) is 4.45. The molecule has 1 saturated heterocycles. The van der Waals surface area contributed by atoms with Crippen LogP contribution in [0.3, 0.4) is 0 Å². The van der Waals surface area contributed by atoms with Crippen molar-refractivity contribution >= 4 is 34.4 Å². The van der Waals surface area contributed by atoms with Crippen LogP contribution in [0.2, 0.25) is 0 Å². The lowest BCUT2D eigenvalue weighted by molar-refractivity contribution is -0.130. The second kappa shape index (κ2) is 6.74. The number of Topliss-reactive ketones (excluding diaryl/α,β-unsaturated/α-hetero) is 1. The number of thiophene rings is 2. The first kappa shape index (κ1) is 16.5. The van der Waals surface area contributed by atoms with Crippen LogP contribution in [0.15, 0.2) is 46.4 Å². The van der Waals surface area contributed by atoms with E-state index in [4.69, 9.17) is 4.74 Å². The van der Waals surface area contributed by atoms with E-state index < -0.39 is 17.7 Å². The number of carbonyl (C=O) groups excluding carboxylic acids is 2. The number of ether oxygens (including phenoxy) is 1. The van der Waals surface area contributed by atoms with Gasteiger partial charge in [-0.15, -0.1) is 22.7 Å². The summed E-state index contributed by atoms with van der Waals surface area (Å²) in [6.45, 7) is 1.07. The molecule has 0 radical (unpaired) electrons. The standard InChI is InChI=1S/C18H17NO4S2/c20-16(13-6-3-9-25-13)14-15(12-5-2-8-24-12)19(18(22)17(14)21)10-11-4-1-7-23-11/h2-3,5-6,8-9,11,15,21H,1,4,7,10H2. The zero-order chi connectivity index (χ0) is 17.4. The van der Waals surface area contributed by atoms with Gasteiger partial charge in [-0.05, 0) is 35.7 Å². The minimum absolute atomic E-state index is 0.0459. The monoisotopic (exact) mass is 375 g/mol. The van der Waals surface area contributed by atoms with Crippen molar-refractivity contribution in [3.05, 3.63) is 56.1 Å². The molecule has 5 nitrogen and oxygen atoms in total. The average Bonchev–Trinajstić information content (AvgIpc) is 3.39. The zero-order valence-electron chi connectivity index (χ0n) is 13.4. The van der Waals surface area contributed by atoms with Crippen LogP contribution >= 0.6 is 22.7 Å². The highest BCUT2D eigenvalue weighted by molar-refractivity contribution is 7.12. The second-order valence-corrected chi connectivity index (χ2v) is 8.01. The van der Waals surface area contributed by atoms with Crippen LogP contribution in [0.4, 0.5) is 0 Å². The van der Waals surface area contributed by atoms with Crippen molar-refractivity contribution in [3.63, 3.8) is 0 Å². The first-order chi connectivity index (χ1) is 12.2. The Hall–Kier alpha value is -1.96. The van der Waals surface area contributed by atoms with Crippen molar-refractivity contribution in [2.75, 3.05) is 13.2 Å². The van der Waals surface area contributed by atoms with E-state index in [-0.39, 0.29) is 17.5 Å². The number of ketones is 1. The van der Waals surface area contributed by atoms with Crippen LogP contribution in [0.25, 0.3) is 0 Å². The van der Waals surface area contributed by atoms with Gasteiger partial charge in [-0.2, -0.15) is 0 Å². The summed E-state index contributed by atoms with van der Waals surface area (Å²) < 4.78 is 5.66. The minimum atomic E-state index is -0.550. The van der Waals surface area contributed by atoms with Gasteiger partial charge in [0.15, 0.2) is 5.76 Å². The first-order valence-corrected chi connectivity index (χ1v) is 9.90. The maximum Gasteiger partial charge on any atom is 0.290 e. The molecule has 0 spiro atoms. The predicted octanol–water partition coefficient (Wildman–Crippen LogP) is 3.57. The lowest BCUT2D eigenvalue weighted by Crippen LogP contribution is -2.37. The summed E-state index contributed by atoms with van der Waals surface area (Å²) in [5.74, 6) is -1.21. The molecule has 2 atom stereocenters. The van der Waals surface area contributed by atoms with E-state index in [9.17, 15) is 14.7 Å². The van der Waals surface area contributed by atoms with Gasteiger partial charge < -0.3 is 14.7 Å². The molecule has 7 heteroatoms. The highest BCUT2D eigenvalue weighted by atomic mass is 32.1. The predicted molar refractivity (Wildman–Crippen MR) is 96.1 cm³/mol. The number of hydrogen-bond acceptors (Lipinski definition) is 6. The SMILES string of the molecule is O=C(C1=C(O)C(=O)N(CC2CCCO2)C1c1cccs1)c1cccs1. The lowest BCUT2D eigenvalue weighted by Gasteiger charge is -2.27. The van der Waals surface area contributed by atoms with Gasteiger partial charge in [-0.3, -0.25) is 9.59 Å². The molecule has 0 aliphatic carbocycles. The van der Waals surface area contributed by atoms with Crippen LogP contribution in [0, 0.1) is 0 Å². The highest BCUT2D eigenvalue weighted by Crippen LogP contribution is 2.41. The Morgan fingerprint density at radius 1 is 1.28 bits per heavy atom. The van der Waals surface area contributed by atoms with E-state index >= 15 is 0 Å². The van der Waals surface area contributed by atoms with Gasteiger partial charge in [-0.1, -0.05) is 12.1 Å². The molecule has 130 valence electrons. The van der Waals surface area contributed by atoms with E-state index in [0.717, 1.165) is 17.7 Å². The number of rotatable bonds is 5. The maximum absolute atomic E-state index is 12.9. The minimum Gasteiger partial charge on any atom is -0.503 e. The Bertz CT molecular complexity index is 804. The van der Waals surface area contributed by atoms with E-state index in [0.29, 0.717) is 18.0 Å². The molecular weight excluding hydrogens is 358 g/mol. The van der Waals surface area contributed by atoms with Gasteiger partial charge in [0, 0.05) is 18.0 Å². The fourth-order valence-corrected chi connectivity index (χ4v) is 4.89. The molecule has 2 aromatic rings. The summed E-state index contributed by atoms with van der Waals surface area (Å²) in [6.07, 6.45) is 1.81. The Morgan fingerprint density at radius 2 is 2.08 bits per heavy atom. The largest absolute Gasteiger partial charge is 0.503 e. The van der Waals surface area contributed by atoms with Crippen molar-refractivity contribution in [2.45, 2.75) is 25.0 Å². The Balaban J connectivity index is 1.72. The fraction of sp³-hybridized carbons (Fsp3) is 0.333. The van der Waals surface area contributed by atoms with Gasteiger partial charge in [0.1, 0.15) is 0 Å². The Morgan fingerprint density at radius 3 is 2.72 bits per heavy atom. The van der Waals surface area contributed by atoms with E-state index in [1.54, 1.807) is 17.0 Å². The third-order valence-electron chi connectivity index (χ3n) is 4.53. The quantitative estimate of drug-likeness (QED) is 0.812. The number of nitrogens with zero attached hydrogens (tertiary/aromatic N) is 1. The zero-order valence-corrected chi connectivity index (χ0v) is 15.0. The molecule has 1 N–H and O–H groups in total. The molecule has 4 rings (SSSR count). The number of carbonyl (C=O) groups is 2. The van der Waals surface area contributed by atoms with Crippen molar-refractivity contribution in [1.29, 1.82) is 0 Å². The topological polar surface area (TPSA) is 66.8 Å². The molecule has 1 amide bonds. The Labute approximate surface area is 153 Å². The van der Waals surface area contributed by atoms with Crippen molar-refractivity contribution in [1.82, 2.24) is 4.90 Å². The third kappa shape index (κ3) is 2.92. The summed E-state index contributed by atoms with van der Waals surface area (Å²) in [5, 5.41) is 14.2. The molecule has 2 aliphatic rings. The molecule has 1 fully saturated rings. The van der Waals surface area contributed by atoms with Crippen LogP contribution in [-0.2, 0) is 9.53 Å². The fourth-order valence-electron chi connectivity index (χ4n) is 3.36. The highest BCUT2D eigenvalue weighted by Gasteiger charge is 2.45. The van der Waals surface area contributed by atoms with Gasteiger partial charge in [0.25, 0.3) is 5.91 Å². The molecule has 2 aliphatic heterocycles. The molecule has 0 saturated carbocycles. The van der Waals surface area contributed by atoms with Crippen molar-refractivity contribution < 1.29 is 19.4 Å². The number of amides is 1. The molecular formula is C18H17NO4S2. The molecule has 2 unspecified atom stereocenters. The normalized spacial score (nSPS) is 23.7. The molecule has 2 aromatic heterocycles. The van der Waals surface area contributed by atoms with Gasteiger partial charge in [0.2, 0.25) is 5.78 Å². The van der Waals surface area contributed by atoms with Gasteiger partial charge >= 0.3 is 0 Å². The number of hydrogen-bond donors (Lipinski definition) is 1. The molecule has 25 heavy (non-hydrogen) atoms.